The second-order valence-corrected chi connectivity index (χ2v) is 3.57. The average Bonchev–Trinajstić information content (AvgIpc) is 2.75. The van der Waals surface area contributed by atoms with E-state index in [1.54, 1.807) is 18.5 Å². The molecule has 0 unspecified atom stereocenters. The largest absolute Gasteiger partial charge is 0.367 e. The van der Waals surface area contributed by atoms with Crippen molar-refractivity contribution in [3.05, 3.63) is 53.9 Å². The Labute approximate surface area is 96.5 Å². The number of aromatic amines is 1. The first-order valence-corrected chi connectivity index (χ1v) is 5.02. The minimum Gasteiger partial charge on any atom is -0.367 e. The van der Waals surface area contributed by atoms with Gasteiger partial charge in [0, 0.05) is 18.5 Å². The molecule has 0 saturated heterocycles. The highest BCUT2D eigenvalue weighted by molar-refractivity contribution is 5.92. The van der Waals surface area contributed by atoms with Crippen LogP contribution in [0.1, 0.15) is 5.56 Å². The van der Waals surface area contributed by atoms with E-state index in [0.29, 0.717) is 0 Å². The molecule has 3 nitrogen and oxygen atoms in total. The van der Waals surface area contributed by atoms with Gasteiger partial charge in [-0.2, -0.15) is 0 Å². The third kappa shape index (κ3) is 2.90. The van der Waals surface area contributed by atoms with E-state index in [-0.39, 0.29) is 18.0 Å². The molecule has 0 radical (unpaired) electrons. The minimum atomic E-state index is -0.785. The Hall–Kier alpha value is -2.17. The number of aromatic nitrogens is 1. The molecule has 0 bridgehead atoms. The standard InChI is InChI=1S/C12H10F2N2O/c13-9-1-2-11(10(14)6-9)16-12(17)5-8-3-4-15-7-8/h1-4,6-7,15H,5H2,(H,16,17). The van der Waals surface area contributed by atoms with Crippen molar-refractivity contribution in [1.82, 2.24) is 4.98 Å². The van der Waals surface area contributed by atoms with Crippen LogP contribution in [0.4, 0.5) is 14.5 Å². The summed E-state index contributed by atoms with van der Waals surface area (Å²) in [4.78, 5) is 14.3. The lowest BCUT2D eigenvalue weighted by Crippen LogP contribution is -2.15. The van der Waals surface area contributed by atoms with E-state index in [0.717, 1.165) is 17.7 Å². The molecule has 1 aromatic heterocycles. The molecule has 1 amide bonds. The summed E-state index contributed by atoms with van der Waals surface area (Å²) in [5, 5.41) is 2.38. The number of benzene rings is 1. The Bertz CT molecular complexity index is 523. The predicted octanol–water partition coefficient (Wildman–Crippen LogP) is 2.47. The maximum atomic E-state index is 13.2. The van der Waals surface area contributed by atoms with Gasteiger partial charge in [-0.1, -0.05) is 0 Å². The van der Waals surface area contributed by atoms with Crippen LogP contribution in [-0.2, 0) is 11.2 Å². The van der Waals surface area contributed by atoms with Crippen molar-refractivity contribution in [3.8, 4) is 0 Å². The molecule has 1 heterocycles. The van der Waals surface area contributed by atoms with Gasteiger partial charge in [0.1, 0.15) is 11.6 Å². The van der Waals surface area contributed by atoms with E-state index < -0.39 is 11.6 Å². The summed E-state index contributed by atoms with van der Waals surface area (Å²) in [6, 6.07) is 4.77. The number of carbonyl (C=O) groups excluding carboxylic acids is 1. The second kappa shape index (κ2) is 4.78. The van der Waals surface area contributed by atoms with Gasteiger partial charge in [0.05, 0.1) is 12.1 Å². The summed E-state index contributed by atoms with van der Waals surface area (Å²) in [6.45, 7) is 0. The highest BCUT2D eigenvalue weighted by Crippen LogP contribution is 2.15. The molecular formula is C12H10F2N2O. The summed E-state index contributed by atoms with van der Waals surface area (Å²) in [5.41, 5.74) is 0.775. The second-order valence-electron chi connectivity index (χ2n) is 3.57. The van der Waals surface area contributed by atoms with Gasteiger partial charge in [0.25, 0.3) is 0 Å². The smallest absolute Gasteiger partial charge is 0.228 e. The summed E-state index contributed by atoms with van der Waals surface area (Å²) in [7, 11) is 0. The first-order chi connectivity index (χ1) is 8.15. The third-order valence-corrected chi connectivity index (χ3v) is 2.23. The van der Waals surface area contributed by atoms with Gasteiger partial charge in [-0.25, -0.2) is 8.78 Å². The van der Waals surface area contributed by atoms with E-state index >= 15 is 0 Å². The zero-order chi connectivity index (χ0) is 12.3. The highest BCUT2D eigenvalue weighted by Gasteiger charge is 2.08. The maximum Gasteiger partial charge on any atom is 0.228 e. The van der Waals surface area contributed by atoms with Gasteiger partial charge in [0.15, 0.2) is 0 Å². The van der Waals surface area contributed by atoms with Crippen molar-refractivity contribution in [2.45, 2.75) is 6.42 Å². The lowest BCUT2D eigenvalue weighted by molar-refractivity contribution is -0.115. The van der Waals surface area contributed by atoms with Crippen LogP contribution in [-0.4, -0.2) is 10.9 Å². The molecule has 2 rings (SSSR count). The fourth-order valence-corrected chi connectivity index (χ4v) is 1.44. The highest BCUT2D eigenvalue weighted by atomic mass is 19.1. The van der Waals surface area contributed by atoms with Crippen LogP contribution < -0.4 is 5.32 Å². The van der Waals surface area contributed by atoms with Gasteiger partial charge >= 0.3 is 0 Å². The number of halogens is 2. The fourth-order valence-electron chi connectivity index (χ4n) is 1.44. The Balaban J connectivity index is 2.03. The van der Waals surface area contributed by atoms with Gasteiger partial charge in [0.2, 0.25) is 5.91 Å². The fraction of sp³-hybridized carbons (Fsp3) is 0.0833. The van der Waals surface area contributed by atoms with E-state index in [4.69, 9.17) is 0 Å². The third-order valence-electron chi connectivity index (χ3n) is 2.23. The van der Waals surface area contributed by atoms with Gasteiger partial charge in [-0.15, -0.1) is 0 Å². The first-order valence-electron chi connectivity index (χ1n) is 5.02. The number of nitrogens with one attached hydrogen (secondary N) is 2. The normalized spacial score (nSPS) is 10.2. The zero-order valence-corrected chi connectivity index (χ0v) is 8.84. The Morgan fingerprint density at radius 1 is 1.29 bits per heavy atom. The molecule has 0 aliphatic carbocycles. The van der Waals surface area contributed by atoms with Gasteiger partial charge < -0.3 is 10.3 Å². The monoisotopic (exact) mass is 236 g/mol. The molecule has 0 aliphatic heterocycles. The molecule has 0 spiro atoms. The van der Waals surface area contributed by atoms with Crippen molar-refractivity contribution in [2.75, 3.05) is 5.32 Å². The van der Waals surface area contributed by atoms with Gasteiger partial charge in [-0.3, -0.25) is 4.79 Å². The minimum absolute atomic E-state index is 0.0214. The first kappa shape index (κ1) is 11.3. The van der Waals surface area contributed by atoms with E-state index in [1.165, 1.54) is 6.07 Å². The number of anilines is 1. The van der Waals surface area contributed by atoms with Crippen LogP contribution in [0.5, 0.6) is 0 Å². The summed E-state index contributed by atoms with van der Waals surface area (Å²) in [5.74, 6) is -1.81. The van der Waals surface area contributed by atoms with Crippen molar-refractivity contribution < 1.29 is 13.6 Å². The topological polar surface area (TPSA) is 44.9 Å². The molecule has 17 heavy (non-hydrogen) atoms. The molecule has 2 aromatic rings. The Kier molecular flexibility index (Phi) is 3.18. The number of amides is 1. The average molecular weight is 236 g/mol. The predicted molar refractivity (Wildman–Crippen MR) is 59.5 cm³/mol. The summed E-state index contributed by atoms with van der Waals surface area (Å²) < 4.78 is 25.9. The number of rotatable bonds is 3. The molecule has 0 atom stereocenters. The molecule has 2 N–H and O–H groups in total. The van der Waals surface area contributed by atoms with Crippen molar-refractivity contribution in [3.63, 3.8) is 0 Å². The van der Waals surface area contributed by atoms with Crippen LogP contribution >= 0.6 is 0 Å². The van der Waals surface area contributed by atoms with Crippen LogP contribution in [0.15, 0.2) is 36.7 Å². The lowest BCUT2D eigenvalue weighted by atomic mass is 10.2. The van der Waals surface area contributed by atoms with Crippen molar-refractivity contribution in [1.29, 1.82) is 0 Å². The zero-order valence-electron chi connectivity index (χ0n) is 8.84. The summed E-state index contributed by atoms with van der Waals surface area (Å²) >= 11 is 0. The SMILES string of the molecule is O=C(Cc1cc[nH]c1)Nc1ccc(F)cc1F. The van der Waals surface area contributed by atoms with Crippen molar-refractivity contribution >= 4 is 11.6 Å². The molecule has 0 saturated carbocycles. The van der Waals surface area contributed by atoms with E-state index in [9.17, 15) is 13.6 Å². The number of hydrogen-bond donors (Lipinski definition) is 2. The number of H-pyrrole nitrogens is 1. The number of hydrogen-bond acceptors (Lipinski definition) is 1. The van der Waals surface area contributed by atoms with Gasteiger partial charge in [-0.05, 0) is 23.8 Å². The molecule has 0 aliphatic rings. The molecule has 1 aromatic carbocycles. The summed E-state index contributed by atoms with van der Waals surface area (Å²) in [6.07, 6.45) is 3.52. The molecule has 0 fully saturated rings. The van der Waals surface area contributed by atoms with E-state index in [2.05, 4.69) is 10.3 Å². The quantitative estimate of drug-likeness (QED) is 0.844. The Morgan fingerprint density at radius 3 is 2.76 bits per heavy atom. The van der Waals surface area contributed by atoms with Crippen LogP contribution in [0, 0.1) is 11.6 Å². The van der Waals surface area contributed by atoms with E-state index in [1.807, 2.05) is 0 Å². The lowest BCUT2D eigenvalue weighted by Gasteiger charge is -2.05. The molecule has 88 valence electrons. The number of carbonyl (C=O) groups is 1. The van der Waals surface area contributed by atoms with Crippen LogP contribution in [0.3, 0.4) is 0 Å². The van der Waals surface area contributed by atoms with Crippen LogP contribution in [0.25, 0.3) is 0 Å². The van der Waals surface area contributed by atoms with Crippen LogP contribution in [0.2, 0.25) is 0 Å². The van der Waals surface area contributed by atoms with Crippen molar-refractivity contribution in [2.24, 2.45) is 0 Å². The maximum absolute atomic E-state index is 13.2. The molecular weight excluding hydrogens is 226 g/mol. The molecule has 5 heteroatoms. The Morgan fingerprint density at radius 2 is 2.12 bits per heavy atom.